The number of carbonyl (C=O) groups is 1. The van der Waals surface area contributed by atoms with Gasteiger partial charge in [-0.2, -0.15) is 0 Å². The second kappa shape index (κ2) is 7.32. The van der Waals surface area contributed by atoms with Gasteiger partial charge >= 0.3 is 0 Å². The molecule has 3 heteroatoms. The van der Waals surface area contributed by atoms with E-state index in [-0.39, 0.29) is 11.9 Å². The molecule has 0 aromatic heterocycles. The zero-order chi connectivity index (χ0) is 15.2. The summed E-state index contributed by atoms with van der Waals surface area (Å²) in [6.45, 7) is 6.00. The summed E-state index contributed by atoms with van der Waals surface area (Å²) in [6, 6.07) is 15.6. The Balaban J connectivity index is 1.98. The summed E-state index contributed by atoms with van der Waals surface area (Å²) in [5, 5.41) is 0. The summed E-state index contributed by atoms with van der Waals surface area (Å²) in [5.74, 6) is 1.31. The first-order valence-electron chi connectivity index (χ1n) is 7.04. The maximum Gasteiger partial charge on any atom is 0.173 e. The van der Waals surface area contributed by atoms with Crippen LogP contribution in [0.5, 0.6) is 5.75 Å². The maximum atomic E-state index is 12.2. The van der Waals surface area contributed by atoms with Crippen LogP contribution < -0.4 is 4.74 Å². The molecule has 0 bridgehead atoms. The Morgan fingerprint density at radius 1 is 1.14 bits per heavy atom. The lowest BCUT2D eigenvalue weighted by molar-refractivity contribution is 0.102. The Bertz CT molecular complexity index is 603. The molecule has 0 spiro atoms. The van der Waals surface area contributed by atoms with Crippen LogP contribution in [0, 0.1) is 6.92 Å². The molecule has 0 heterocycles. The van der Waals surface area contributed by atoms with Gasteiger partial charge in [0, 0.05) is 10.5 Å². The highest BCUT2D eigenvalue weighted by atomic mass is 32.2. The smallest absolute Gasteiger partial charge is 0.173 e. The number of hydrogen-bond donors (Lipinski definition) is 0. The van der Waals surface area contributed by atoms with Crippen molar-refractivity contribution in [3.8, 4) is 5.75 Å². The molecule has 0 fully saturated rings. The van der Waals surface area contributed by atoms with Crippen LogP contribution in [0.15, 0.2) is 53.4 Å². The molecule has 2 aromatic carbocycles. The topological polar surface area (TPSA) is 26.3 Å². The van der Waals surface area contributed by atoms with Crippen molar-refractivity contribution in [1.82, 2.24) is 0 Å². The van der Waals surface area contributed by atoms with Crippen molar-refractivity contribution >= 4 is 17.5 Å². The molecule has 0 atom stereocenters. The highest BCUT2D eigenvalue weighted by Gasteiger charge is 2.08. The van der Waals surface area contributed by atoms with Crippen LogP contribution in [0.4, 0.5) is 0 Å². The fraction of sp³-hybridized carbons (Fsp3) is 0.278. The summed E-state index contributed by atoms with van der Waals surface area (Å²) < 4.78 is 5.62. The van der Waals surface area contributed by atoms with E-state index in [0.717, 1.165) is 10.6 Å². The van der Waals surface area contributed by atoms with E-state index in [1.165, 1.54) is 5.56 Å². The number of carbonyl (C=O) groups excluding carboxylic acids is 1. The van der Waals surface area contributed by atoms with Gasteiger partial charge in [0.15, 0.2) is 5.78 Å². The monoisotopic (exact) mass is 300 g/mol. The van der Waals surface area contributed by atoms with Gasteiger partial charge in [0.25, 0.3) is 0 Å². The molecule has 0 amide bonds. The molecule has 110 valence electrons. The lowest BCUT2D eigenvalue weighted by atomic mass is 10.1. The molecular formula is C18H20O2S. The number of hydrogen-bond acceptors (Lipinski definition) is 3. The van der Waals surface area contributed by atoms with Crippen LogP contribution in [-0.4, -0.2) is 17.6 Å². The molecule has 0 aliphatic heterocycles. The standard InChI is InChI=1S/C18H20O2S/c1-13(2)20-16-6-4-5-15(11-16)18(19)12-21-17-9-7-14(3)8-10-17/h4-11,13H,12H2,1-3H3. The maximum absolute atomic E-state index is 12.2. The van der Waals surface area contributed by atoms with Crippen LogP contribution in [0.3, 0.4) is 0 Å². The summed E-state index contributed by atoms with van der Waals surface area (Å²) in [4.78, 5) is 13.4. The van der Waals surface area contributed by atoms with E-state index < -0.39 is 0 Å². The van der Waals surface area contributed by atoms with Crippen LogP contribution in [0.2, 0.25) is 0 Å². The number of thioether (sulfide) groups is 1. The summed E-state index contributed by atoms with van der Waals surface area (Å²) in [7, 11) is 0. The fourth-order valence-electron chi connectivity index (χ4n) is 1.88. The van der Waals surface area contributed by atoms with Crippen molar-refractivity contribution < 1.29 is 9.53 Å². The second-order valence-electron chi connectivity index (χ2n) is 5.22. The summed E-state index contributed by atoms with van der Waals surface area (Å²) in [6.07, 6.45) is 0.109. The van der Waals surface area contributed by atoms with E-state index in [0.29, 0.717) is 11.3 Å². The van der Waals surface area contributed by atoms with Crippen LogP contribution in [-0.2, 0) is 0 Å². The van der Waals surface area contributed by atoms with E-state index in [9.17, 15) is 4.79 Å². The van der Waals surface area contributed by atoms with E-state index >= 15 is 0 Å². The first-order valence-corrected chi connectivity index (χ1v) is 8.02. The summed E-state index contributed by atoms with van der Waals surface area (Å²) in [5.41, 5.74) is 1.93. The van der Waals surface area contributed by atoms with Gasteiger partial charge < -0.3 is 4.74 Å². The average Bonchev–Trinajstić information content (AvgIpc) is 2.46. The zero-order valence-electron chi connectivity index (χ0n) is 12.6. The van der Waals surface area contributed by atoms with Crippen molar-refractivity contribution in [2.45, 2.75) is 31.8 Å². The highest BCUT2D eigenvalue weighted by Crippen LogP contribution is 2.21. The number of ether oxygens (including phenoxy) is 1. The van der Waals surface area contributed by atoms with Gasteiger partial charge in [0.2, 0.25) is 0 Å². The van der Waals surface area contributed by atoms with E-state index in [1.54, 1.807) is 11.8 Å². The third kappa shape index (κ3) is 4.94. The predicted molar refractivity (Wildman–Crippen MR) is 88.4 cm³/mol. The third-order valence-electron chi connectivity index (χ3n) is 2.92. The summed E-state index contributed by atoms with van der Waals surface area (Å²) >= 11 is 1.56. The molecule has 0 saturated heterocycles. The van der Waals surface area contributed by atoms with Gasteiger partial charge in [-0.05, 0) is 45.0 Å². The molecule has 0 aliphatic rings. The van der Waals surface area contributed by atoms with Crippen LogP contribution >= 0.6 is 11.8 Å². The van der Waals surface area contributed by atoms with Gasteiger partial charge in [0.05, 0.1) is 11.9 Å². The van der Waals surface area contributed by atoms with Crippen molar-refractivity contribution in [2.75, 3.05) is 5.75 Å². The molecule has 0 saturated carbocycles. The third-order valence-corrected chi connectivity index (χ3v) is 3.93. The van der Waals surface area contributed by atoms with Crippen LogP contribution in [0.25, 0.3) is 0 Å². The minimum Gasteiger partial charge on any atom is -0.491 e. The predicted octanol–water partition coefficient (Wildman–Crippen LogP) is 4.76. The Morgan fingerprint density at radius 3 is 2.52 bits per heavy atom. The minimum absolute atomic E-state index is 0.109. The minimum atomic E-state index is 0.109. The molecule has 2 aromatic rings. The van der Waals surface area contributed by atoms with Gasteiger partial charge in [-0.25, -0.2) is 0 Å². The lowest BCUT2D eigenvalue weighted by Crippen LogP contribution is -2.07. The normalized spacial score (nSPS) is 10.7. The Morgan fingerprint density at radius 2 is 1.86 bits per heavy atom. The van der Waals surface area contributed by atoms with Gasteiger partial charge in [0.1, 0.15) is 5.75 Å². The largest absolute Gasteiger partial charge is 0.491 e. The van der Waals surface area contributed by atoms with Crippen molar-refractivity contribution in [3.63, 3.8) is 0 Å². The Kier molecular flexibility index (Phi) is 5.45. The molecule has 0 aliphatic carbocycles. The first-order chi connectivity index (χ1) is 10.0. The molecular weight excluding hydrogens is 280 g/mol. The highest BCUT2D eigenvalue weighted by molar-refractivity contribution is 8.00. The number of aryl methyl sites for hydroxylation is 1. The Hall–Kier alpha value is -1.74. The zero-order valence-corrected chi connectivity index (χ0v) is 13.4. The van der Waals surface area contributed by atoms with Crippen LogP contribution in [0.1, 0.15) is 29.8 Å². The molecule has 0 unspecified atom stereocenters. The fourth-order valence-corrected chi connectivity index (χ4v) is 2.67. The van der Waals surface area contributed by atoms with Gasteiger partial charge in [-0.15, -0.1) is 11.8 Å². The van der Waals surface area contributed by atoms with Crippen molar-refractivity contribution in [3.05, 3.63) is 59.7 Å². The first kappa shape index (κ1) is 15.6. The lowest BCUT2D eigenvalue weighted by Gasteiger charge is -2.10. The van der Waals surface area contributed by atoms with Crippen molar-refractivity contribution in [1.29, 1.82) is 0 Å². The number of rotatable bonds is 6. The van der Waals surface area contributed by atoms with E-state index in [2.05, 4.69) is 19.1 Å². The number of benzene rings is 2. The Labute approximate surface area is 130 Å². The average molecular weight is 300 g/mol. The van der Waals surface area contributed by atoms with Gasteiger partial charge in [-0.3, -0.25) is 4.79 Å². The van der Waals surface area contributed by atoms with Crippen molar-refractivity contribution in [2.24, 2.45) is 0 Å². The molecule has 21 heavy (non-hydrogen) atoms. The number of Topliss-reactive ketones (excluding diaryl/α,β-unsaturated/α-hetero) is 1. The van der Waals surface area contributed by atoms with E-state index in [1.807, 2.05) is 50.2 Å². The second-order valence-corrected chi connectivity index (χ2v) is 6.27. The quantitative estimate of drug-likeness (QED) is 0.568. The molecule has 2 rings (SSSR count). The number of ketones is 1. The molecule has 0 radical (unpaired) electrons. The SMILES string of the molecule is Cc1ccc(SCC(=O)c2cccc(OC(C)C)c2)cc1. The van der Waals surface area contributed by atoms with E-state index in [4.69, 9.17) is 4.74 Å². The molecule has 2 nitrogen and oxygen atoms in total. The van der Waals surface area contributed by atoms with Gasteiger partial charge in [-0.1, -0.05) is 29.8 Å². The molecule has 0 N–H and O–H groups in total.